The molecule has 1 aromatic rings. The van der Waals surface area contributed by atoms with Crippen molar-refractivity contribution in [2.75, 3.05) is 0 Å². The van der Waals surface area contributed by atoms with E-state index in [0.717, 1.165) is 35.6 Å². The van der Waals surface area contributed by atoms with Gasteiger partial charge in [-0.2, -0.15) is 0 Å². The zero-order valence-electron chi connectivity index (χ0n) is 8.28. The van der Waals surface area contributed by atoms with Gasteiger partial charge in [0.05, 0.1) is 10.9 Å². The molecule has 0 bridgehead atoms. The van der Waals surface area contributed by atoms with E-state index in [1.165, 1.54) is 0 Å². The Kier molecular flexibility index (Phi) is 3.32. The molecule has 0 aromatic carbocycles. The Morgan fingerprint density at radius 2 is 2.40 bits per heavy atom. The van der Waals surface area contributed by atoms with E-state index >= 15 is 0 Å². The number of carboxylic acid groups (broad SMARTS) is 1. The summed E-state index contributed by atoms with van der Waals surface area (Å²) in [6.07, 6.45) is 3.70. The van der Waals surface area contributed by atoms with Crippen LogP contribution in [0.5, 0.6) is 0 Å². The Bertz CT molecular complexity index is 361. The third-order valence-corrected chi connectivity index (χ3v) is 4.52. The van der Waals surface area contributed by atoms with Crippen molar-refractivity contribution in [2.45, 2.75) is 25.7 Å². The summed E-state index contributed by atoms with van der Waals surface area (Å²) in [5, 5.41) is 11.8. The van der Waals surface area contributed by atoms with Crippen LogP contribution in [0.15, 0.2) is 11.4 Å². The molecule has 1 N–H and O–H groups in total. The second-order valence-electron chi connectivity index (χ2n) is 4.03. The fourth-order valence-corrected chi connectivity index (χ4v) is 3.52. The van der Waals surface area contributed by atoms with Crippen LogP contribution in [0, 0.1) is 11.8 Å². The molecule has 15 heavy (non-hydrogen) atoms. The number of hydrogen-bond acceptors (Lipinski definition) is 2. The fraction of sp³-hybridized carbons (Fsp3) is 0.545. The van der Waals surface area contributed by atoms with E-state index in [0.29, 0.717) is 0 Å². The van der Waals surface area contributed by atoms with Crippen LogP contribution in [0.1, 0.15) is 24.1 Å². The molecule has 1 fully saturated rings. The topological polar surface area (TPSA) is 37.3 Å². The van der Waals surface area contributed by atoms with Gasteiger partial charge in [-0.05, 0) is 36.6 Å². The van der Waals surface area contributed by atoms with Crippen LogP contribution in [0.3, 0.4) is 0 Å². The molecule has 4 heteroatoms. The van der Waals surface area contributed by atoms with Gasteiger partial charge >= 0.3 is 5.97 Å². The van der Waals surface area contributed by atoms with Gasteiger partial charge in [0.1, 0.15) is 0 Å². The zero-order valence-corrected chi connectivity index (χ0v) is 9.85. The minimum absolute atomic E-state index is 0.164. The number of carboxylic acids is 1. The number of carbonyl (C=O) groups is 1. The molecule has 2 rings (SSSR count). The lowest BCUT2D eigenvalue weighted by atomic mass is 9.92. The zero-order chi connectivity index (χ0) is 10.8. The van der Waals surface area contributed by atoms with Gasteiger partial charge in [0.2, 0.25) is 0 Å². The van der Waals surface area contributed by atoms with Gasteiger partial charge in [0.25, 0.3) is 0 Å². The number of halogens is 1. The predicted molar refractivity (Wildman–Crippen MR) is 61.5 cm³/mol. The van der Waals surface area contributed by atoms with E-state index < -0.39 is 5.97 Å². The molecule has 1 saturated carbocycles. The number of thiophene rings is 1. The maximum Gasteiger partial charge on any atom is 0.306 e. The van der Waals surface area contributed by atoms with Gasteiger partial charge in [0.15, 0.2) is 0 Å². The summed E-state index contributed by atoms with van der Waals surface area (Å²) in [5.41, 5.74) is 0. The third kappa shape index (κ3) is 2.34. The summed E-state index contributed by atoms with van der Waals surface area (Å²) in [6, 6.07) is 1.88. The highest BCUT2D eigenvalue weighted by Crippen LogP contribution is 2.37. The summed E-state index contributed by atoms with van der Waals surface area (Å²) in [7, 11) is 0. The summed E-state index contributed by atoms with van der Waals surface area (Å²) < 4.78 is 0. The summed E-state index contributed by atoms with van der Waals surface area (Å²) in [4.78, 5) is 12.1. The van der Waals surface area contributed by atoms with Gasteiger partial charge in [-0.15, -0.1) is 11.3 Å². The van der Waals surface area contributed by atoms with Crippen LogP contribution < -0.4 is 0 Å². The number of hydrogen-bond donors (Lipinski definition) is 1. The van der Waals surface area contributed by atoms with Gasteiger partial charge in [-0.25, -0.2) is 0 Å². The Balaban J connectivity index is 2.06. The van der Waals surface area contributed by atoms with Gasteiger partial charge in [-0.3, -0.25) is 4.79 Å². The first kappa shape index (κ1) is 11.0. The standard InChI is InChI=1S/C11H13ClO2S/c12-9-4-5-15-10(9)6-7-2-1-3-8(7)11(13)14/h4-5,7-8H,1-3,6H2,(H,13,14). The molecule has 1 aromatic heterocycles. The van der Waals surface area contributed by atoms with Crippen molar-refractivity contribution in [3.63, 3.8) is 0 Å². The van der Waals surface area contributed by atoms with Crippen LogP contribution in [-0.2, 0) is 11.2 Å². The maximum atomic E-state index is 11.0. The van der Waals surface area contributed by atoms with E-state index in [4.69, 9.17) is 16.7 Å². The maximum absolute atomic E-state index is 11.0. The molecule has 0 amide bonds. The molecule has 0 spiro atoms. The lowest BCUT2D eigenvalue weighted by molar-refractivity contribution is -0.142. The minimum atomic E-state index is -0.648. The molecule has 0 radical (unpaired) electrons. The molecule has 1 aliphatic carbocycles. The average molecular weight is 245 g/mol. The molecular formula is C11H13ClO2S. The van der Waals surface area contributed by atoms with Crippen molar-refractivity contribution in [2.24, 2.45) is 11.8 Å². The molecule has 82 valence electrons. The van der Waals surface area contributed by atoms with Gasteiger partial charge < -0.3 is 5.11 Å². The largest absolute Gasteiger partial charge is 0.481 e. The molecule has 1 aliphatic rings. The number of aliphatic carboxylic acids is 1. The quantitative estimate of drug-likeness (QED) is 0.884. The van der Waals surface area contributed by atoms with Crippen LogP contribution in [0.2, 0.25) is 5.02 Å². The fourth-order valence-electron chi connectivity index (χ4n) is 2.32. The molecule has 0 saturated heterocycles. The summed E-state index contributed by atoms with van der Waals surface area (Å²) in [5.74, 6) is -0.535. The molecule has 2 unspecified atom stereocenters. The van der Waals surface area contributed by atoms with Crippen molar-refractivity contribution in [1.82, 2.24) is 0 Å². The lowest BCUT2D eigenvalue weighted by Gasteiger charge is -2.14. The molecule has 0 aliphatic heterocycles. The van der Waals surface area contributed by atoms with Crippen molar-refractivity contribution < 1.29 is 9.90 Å². The molecular weight excluding hydrogens is 232 g/mol. The second-order valence-corrected chi connectivity index (χ2v) is 5.44. The average Bonchev–Trinajstić information content (AvgIpc) is 2.77. The van der Waals surface area contributed by atoms with E-state index in [1.807, 2.05) is 11.4 Å². The van der Waals surface area contributed by atoms with Crippen LogP contribution >= 0.6 is 22.9 Å². The molecule has 1 heterocycles. The Hall–Kier alpha value is -0.540. The summed E-state index contributed by atoms with van der Waals surface area (Å²) in [6.45, 7) is 0. The van der Waals surface area contributed by atoms with Crippen molar-refractivity contribution in [3.05, 3.63) is 21.3 Å². The van der Waals surface area contributed by atoms with Gasteiger partial charge in [0, 0.05) is 4.88 Å². The Morgan fingerprint density at radius 1 is 1.60 bits per heavy atom. The van der Waals surface area contributed by atoms with Crippen molar-refractivity contribution in [1.29, 1.82) is 0 Å². The van der Waals surface area contributed by atoms with Crippen LogP contribution in [0.4, 0.5) is 0 Å². The predicted octanol–water partition coefficient (Wildman–Crippen LogP) is 3.44. The van der Waals surface area contributed by atoms with Crippen molar-refractivity contribution >= 4 is 28.9 Å². The van der Waals surface area contributed by atoms with Crippen LogP contribution in [0.25, 0.3) is 0 Å². The normalized spacial score (nSPS) is 25.7. The van der Waals surface area contributed by atoms with E-state index in [-0.39, 0.29) is 11.8 Å². The SMILES string of the molecule is O=C(O)C1CCCC1Cc1sccc1Cl. The highest BCUT2D eigenvalue weighted by molar-refractivity contribution is 7.10. The summed E-state index contributed by atoms with van der Waals surface area (Å²) >= 11 is 7.63. The second kappa shape index (κ2) is 4.54. The minimum Gasteiger partial charge on any atom is -0.481 e. The highest BCUT2D eigenvalue weighted by Gasteiger charge is 2.33. The first-order valence-electron chi connectivity index (χ1n) is 5.13. The van der Waals surface area contributed by atoms with Crippen LogP contribution in [-0.4, -0.2) is 11.1 Å². The molecule has 2 atom stereocenters. The van der Waals surface area contributed by atoms with E-state index in [9.17, 15) is 4.79 Å². The van der Waals surface area contributed by atoms with Gasteiger partial charge in [-0.1, -0.05) is 18.0 Å². The van der Waals surface area contributed by atoms with E-state index in [2.05, 4.69) is 0 Å². The highest BCUT2D eigenvalue weighted by atomic mass is 35.5. The Labute approximate surface area is 97.9 Å². The monoisotopic (exact) mass is 244 g/mol. The molecule has 2 nitrogen and oxygen atoms in total. The number of rotatable bonds is 3. The van der Waals surface area contributed by atoms with Crippen molar-refractivity contribution in [3.8, 4) is 0 Å². The third-order valence-electron chi connectivity index (χ3n) is 3.11. The lowest BCUT2D eigenvalue weighted by Crippen LogP contribution is -2.19. The van der Waals surface area contributed by atoms with E-state index in [1.54, 1.807) is 11.3 Å². The smallest absolute Gasteiger partial charge is 0.306 e. The Morgan fingerprint density at radius 3 is 3.00 bits per heavy atom. The first-order chi connectivity index (χ1) is 7.18. The first-order valence-corrected chi connectivity index (χ1v) is 6.39.